The monoisotopic (exact) mass is 462 g/mol. The summed E-state index contributed by atoms with van der Waals surface area (Å²) < 4.78 is 2.02. The summed E-state index contributed by atoms with van der Waals surface area (Å²) in [6.07, 6.45) is 1.09. The molecule has 4 rings (SSSR count). The highest BCUT2D eigenvalue weighted by Gasteiger charge is 2.18. The number of hydrogen-bond donors (Lipinski definition) is 1. The second kappa shape index (κ2) is 10.1. The molecular formula is C25H26N4OS2. The molecule has 4 aromatic rings. The number of nitrogens with one attached hydrogen (secondary N) is 1. The number of nitrogens with zero attached hydrogens (tertiary/aromatic N) is 3. The van der Waals surface area contributed by atoms with Crippen LogP contribution in [-0.4, -0.2) is 26.4 Å². The fraction of sp³-hybridized carbons (Fsp3) is 0.240. The lowest BCUT2D eigenvalue weighted by atomic mass is 9.99. The van der Waals surface area contributed by atoms with Crippen LogP contribution >= 0.6 is 23.1 Å². The molecule has 0 aliphatic carbocycles. The van der Waals surface area contributed by atoms with E-state index >= 15 is 0 Å². The van der Waals surface area contributed by atoms with Crippen LogP contribution < -0.4 is 5.32 Å². The first-order valence-corrected chi connectivity index (χ1v) is 12.5. The molecule has 1 N–H and O–H groups in total. The Morgan fingerprint density at radius 3 is 2.50 bits per heavy atom. The molecule has 0 radical (unpaired) electrons. The molecular weight excluding hydrogens is 436 g/mol. The minimum absolute atomic E-state index is 0.0672. The van der Waals surface area contributed by atoms with Gasteiger partial charge in [-0.25, -0.2) is 0 Å². The van der Waals surface area contributed by atoms with Crippen LogP contribution in [-0.2, 0) is 4.79 Å². The van der Waals surface area contributed by atoms with Crippen molar-refractivity contribution in [3.05, 3.63) is 77.2 Å². The standard InChI is InChI=1S/C25H26N4OS2/c1-4-18(3)19-9-11-20(12-10-19)26-23(30)16-32-25-28-27-24(22-6-5-15-31-22)29(25)21-13-7-17(2)8-14-21/h5-15,18H,4,16H2,1-3H3,(H,26,30)/t18-/m1/s1. The van der Waals surface area contributed by atoms with Crippen molar-refractivity contribution in [1.82, 2.24) is 14.8 Å². The summed E-state index contributed by atoms with van der Waals surface area (Å²) in [5.74, 6) is 1.48. The van der Waals surface area contributed by atoms with Gasteiger partial charge in [-0.15, -0.1) is 21.5 Å². The van der Waals surface area contributed by atoms with E-state index in [0.29, 0.717) is 11.1 Å². The molecule has 7 heteroatoms. The predicted molar refractivity (Wildman–Crippen MR) is 134 cm³/mol. The molecule has 0 bridgehead atoms. The van der Waals surface area contributed by atoms with Crippen LogP contribution in [0.1, 0.15) is 37.3 Å². The van der Waals surface area contributed by atoms with Crippen LogP contribution in [0, 0.1) is 6.92 Å². The van der Waals surface area contributed by atoms with Crippen molar-refractivity contribution >= 4 is 34.7 Å². The van der Waals surface area contributed by atoms with E-state index in [1.807, 2.05) is 34.2 Å². The van der Waals surface area contributed by atoms with Crippen molar-refractivity contribution in [2.45, 2.75) is 38.3 Å². The molecule has 0 saturated carbocycles. The van der Waals surface area contributed by atoms with Crippen molar-refractivity contribution in [3.8, 4) is 16.4 Å². The van der Waals surface area contributed by atoms with Crippen LogP contribution in [0.2, 0.25) is 0 Å². The fourth-order valence-electron chi connectivity index (χ4n) is 3.31. The maximum atomic E-state index is 12.6. The molecule has 2 heterocycles. The van der Waals surface area contributed by atoms with Gasteiger partial charge in [-0.05, 0) is 60.5 Å². The molecule has 1 amide bonds. The first-order chi connectivity index (χ1) is 15.5. The molecule has 0 fully saturated rings. The smallest absolute Gasteiger partial charge is 0.234 e. The number of aromatic nitrogens is 3. The number of thioether (sulfide) groups is 1. The molecule has 0 spiro atoms. The van der Waals surface area contributed by atoms with E-state index in [-0.39, 0.29) is 11.7 Å². The number of thiophene rings is 1. The highest BCUT2D eigenvalue weighted by molar-refractivity contribution is 7.99. The average molecular weight is 463 g/mol. The van der Waals surface area contributed by atoms with Crippen molar-refractivity contribution in [2.75, 3.05) is 11.1 Å². The fourth-order valence-corrected chi connectivity index (χ4v) is 4.76. The quantitative estimate of drug-likeness (QED) is 0.302. The molecule has 0 saturated heterocycles. The van der Waals surface area contributed by atoms with E-state index in [1.54, 1.807) is 11.3 Å². The molecule has 0 unspecified atom stereocenters. The molecule has 2 aromatic carbocycles. The summed E-state index contributed by atoms with van der Waals surface area (Å²) in [5, 5.41) is 14.5. The van der Waals surface area contributed by atoms with Gasteiger partial charge in [0.25, 0.3) is 0 Å². The Hall–Kier alpha value is -2.90. The molecule has 164 valence electrons. The van der Waals surface area contributed by atoms with Gasteiger partial charge in [-0.2, -0.15) is 0 Å². The molecule has 32 heavy (non-hydrogen) atoms. The van der Waals surface area contributed by atoms with E-state index in [0.717, 1.165) is 28.5 Å². The van der Waals surface area contributed by atoms with Crippen LogP contribution in [0.3, 0.4) is 0 Å². The zero-order valence-electron chi connectivity index (χ0n) is 18.4. The van der Waals surface area contributed by atoms with Crippen molar-refractivity contribution in [3.63, 3.8) is 0 Å². The minimum Gasteiger partial charge on any atom is -0.325 e. The third-order valence-electron chi connectivity index (χ3n) is 5.38. The molecule has 2 aromatic heterocycles. The Balaban J connectivity index is 1.49. The minimum atomic E-state index is -0.0672. The maximum Gasteiger partial charge on any atom is 0.234 e. The first-order valence-electron chi connectivity index (χ1n) is 10.6. The molecule has 1 atom stereocenters. The lowest BCUT2D eigenvalue weighted by Gasteiger charge is -2.11. The van der Waals surface area contributed by atoms with E-state index in [1.165, 1.54) is 22.9 Å². The predicted octanol–water partition coefficient (Wildman–Crippen LogP) is 6.55. The van der Waals surface area contributed by atoms with Crippen molar-refractivity contribution < 1.29 is 4.79 Å². The number of rotatable bonds is 8. The van der Waals surface area contributed by atoms with Gasteiger partial charge >= 0.3 is 0 Å². The maximum absolute atomic E-state index is 12.6. The third-order valence-corrected chi connectivity index (χ3v) is 7.17. The van der Waals surface area contributed by atoms with Crippen LogP contribution in [0.5, 0.6) is 0 Å². The normalized spacial score (nSPS) is 12.0. The number of carbonyl (C=O) groups excluding carboxylic acids is 1. The van der Waals surface area contributed by atoms with Crippen LogP contribution in [0.4, 0.5) is 5.69 Å². The zero-order chi connectivity index (χ0) is 22.5. The van der Waals surface area contributed by atoms with Gasteiger partial charge in [0.05, 0.1) is 10.6 Å². The number of amides is 1. The number of benzene rings is 2. The number of hydrogen-bond acceptors (Lipinski definition) is 5. The van der Waals surface area contributed by atoms with Gasteiger partial charge < -0.3 is 5.32 Å². The second-order valence-corrected chi connectivity index (χ2v) is 9.61. The van der Waals surface area contributed by atoms with Crippen molar-refractivity contribution in [2.24, 2.45) is 0 Å². The van der Waals surface area contributed by atoms with E-state index in [9.17, 15) is 4.79 Å². The third kappa shape index (κ3) is 5.11. The second-order valence-electron chi connectivity index (χ2n) is 7.72. The summed E-state index contributed by atoms with van der Waals surface area (Å²) in [5.41, 5.74) is 4.26. The lowest BCUT2D eigenvalue weighted by molar-refractivity contribution is -0.113. The Labute approximate surface area is 196 Å². The Morgan fingerprint density at radius 2 is 1.84 bits per heavy atom. The summed E-state index contributed by atoms with van der Waals surface area (Å²) in [6.45, 7) is 6.45. The SMILES string of the molecule is CC[C@@H](C)c1ccc(NC(=O)CSc2nnc(-c3cccs3)n2-c2ccc(C)cc2)cc1. The molecule has 0 aliphatic heterocycles. The van der Waals surface area contributed by atoms with E-state index in [4.69, 9.17) is 0 Å². The highest BCUT2D eigenvalue weighted by atomic mass is 32.2. The largest absolute Gasteiger partial charge is 0.325 e. The summed E-state index contributed by atoms with van der Waals surface area (Å²) >= 11 is 3.01. The number of carbonyl (C=O) groups is 1. The van der Waals surface area contributed by atoms with Crippen LogP contribution in [0.15, 0.2) is 71.2 Å². The van der Waals surface area contributed by atoms with E-state index in [2.05, 4.69) is 72.7 Å². The van der Waals surface area contributed by atoms with Gasteiger partial charge in [-0.1, -0.05) is 61.5 Å². The number of aryl methyl sites for hydroxylation is 1. The summed E-state index contributed by atoms with van der Waals surface area (Å²) in [7, 11) is 0. The zero-order valence-corrected chi connectivity index (χ0v) is 20.0. The highest BCUT2D eigenvalue weighted by Crippen LogP contribution is 2.30. The lowest BCUT2D eigenvalue weighted by Crippen LogP contribution is -2.14. The van der Waals surface area contributed by atoms with E-state index < -0.39 is 0 Å². The van der Waals surface area contributed by atoms with Gasteiger partial charge in [0.2, 0.25) is 5.91 Å². The Kier molecular flexibility index (Phi) is 7.07. The summed E-state index contributed by atoms with van der Waals surface area (Å²) in [4.78, 5) is 13.6. The Bertz CT molecular complexity index is 1170. The number of anilines is 1. The average Bonchev–Trinajstić information content (AvgIpc) is 3.48. The topological polar surface area (TPSA) is 59.8 Å². The van der Waals surface area contributed by atoms with Gasteiger partial charge in [0.15, 0.2) is 11.0 Å². The molecule has 0 aliphatic rings. The van der Waals surface area contributed by atoms with Gasteiger partial charge in [0, 0.05) is 11.4 Å². The Morgan fingerprint density at radius 1 is 1.09 bits per heavy atom. The first kappa shape index (κ1) is 22.3. The van der Waals surface area contributed by atoms with Crippen LogP contribution in [0.25, 0.3) is 16.4 Å². The van der Waals surface area contributed by atoms with Gasteiger partial charge in [0.1, 0.15) is 0 Å². The summed E-state index contributed by atoms with van der Waals surface area (Å²) in [6, 6.07) is 20.4. The molecule has 5 nitrogen and oxygen atoms in total. The van der Waals surface area contributed by atoms with Crippen molar-refractivity contribution in [1.29, 1.82) is 0 Å². The van der Waals surface area contributed by atoms with Gasteiger partial charge in [-0.3, -0.25) is 9.36 Å².